The first-order chi connectivity index (χ1) is 5.09. The Morgan fingerprint density at radius 3 is 1.92 bits per heavy atom. The highest BCUT2D eigenvalue weighted by Crippen LogP contribution is 2.23. The Labute approximate surface area is 77.2 Å². The van der Waals surface area contributed by atoms with Gasteiger partial charge in [-0.05, 0) is 24.6 Å². The fourth-order valence-corrected chi connectivity index (χ4v) is 0.881. The molecule has 0 saturated carbocycles. The SMILES string of the molecule is C[C@H](N)c1cc(O)cc(O)c1.Cl. The zero-order valence-corrected chi connectivity index (χ0v) is 7.51. The molecule has 4 heteroatoms. The van der Waals surface area contributed by atoms with Crippen molar-refractivity contribution in [1.82, 2.24) is 0 Å². The highest BCUT2D eigenvalue weighted by Gasteiger charge is 2.02. The van der Waals surface area contributed by atoms with Crippen LogP contribution < -0.4 is 5.73 Å². The van der Waals surface area contributed by atoms with Gasteiger partial charge in [-0.3, -0.25) is 0 Å². The van der Waals surface area contributed by atoms with E-state index in [-0.39, 0.29) is 29.9 Å². The summed E-state index contributed by atoms with van der Waals surface area (Å²) in [5.41, 5.74) is 6.25. The maximum Gasteiger partial charge on any atom is 0.119 e. The summed E-state index contributed by atoms with van der Waals surface area (Å²) in [7, 11) is 0. The van der Waals surface area contributed by atoms with Crippen LogP contribution in [0.25, 0.3) is 0 Å². The molecule has 0 saturated heterocycles. The Bertz CT molecular complexity index is 243. The van der Waals surface area contributed by atoms with Gasteiger partial charge in [0.15, 0.2) is 0 Å². The number of hydrogen-bond donors (Lipinski definition) is 3. The van der Waals surface area contributed by atoms with Crippen LogP contribution in [0.4, 0.5) is 0 Å². The van der Waals surface area contributed by atoms with Crippen molar-refractivity contribution in [2.24, 2.45) is 5.73 Å². The first-order valence-electron chi connectivity index (χ1n) is 3.38. The third-order valence-electron chi connectivity index (χ3n) is 1.45. The van der Waals surface area contributed by atoms with E-state index in [9.17, 15) is 0 Å². The van der Waals surface area contributed by atoms with E-state index in [2.05, 4.69) is 0 Å². The fraction of sp³-hybridized carbons (Fsp3) is 0.250. The molecule has 1 rings (SSSR count). The normalized spacial score (nSPS) is 11.8. The van der Waals surface area contributed by atoms with Gasteiger partial charge >= 0.3 is 0 Å². The van der Waals surface area contributed by atoms with Gasteiger partial charge in [0.05, 0.1) is 0 Å². The smallest absolute Gasteiger partial charge is 0.119 e. The molecule has 1 aromatic rings. The van der Waals surface area contributed by atoms with Crippen molar-refractivity contribution < 1.29 is 10.2 Å². The number of halogens is 1. The minimum Gasteiger partial charge on any atom is -0.508 e. The lowest BCUT2D eigenvalue weighted by Crippen LogP contribution is -2.04. The van der Waals surface area contributed by atoms with Crippen molar-refractivity contribution in [3.63, 3.8) is 0 Å². The number of phenolic OH excluding ortho intramolecular Hbond substituents is 2. The topological polar surface area (TPSA) is 66.5 Å². The molecule has 68 valence electrons. The lowest BCUT2D eigenvalue weighted by atomic mass is 10.1. The van der Waals surface area contributed by atoms with Gasteiger partial charge in [0.25, 0.3) is 0 Å². The number of hydrogen-bond acceptors (Lipinski definition) is 3. The van der Waals surface area contributed by atoms with Crippen LogP contribution in [0, 0.1) is 0 Å². The van der Waals surface area contributed by atoms with Crippen LogP contribution in [0.3, 0.4) is 0 Å². The van der Waals surface area contributed by atoms with Crippen LogP contribution in [0.15, 0.2) is 18.2 Å². The predicted molar refractivity (Wildman–Crippen MR) is 49.6 cm³/mol. The molecule has 0 unspecified atom stereocenters. The molecule has 0 radical (unpaired) electrons. The average Bonchev–Trinajstić information content (AvgIpc) is 1.85. The highest BCUT2D eigenvalue weighted by atomic mass is 35.5. The van der Waals surface area contributed by atoms with E-state index in [0.717, 1.165) is 5.56 Å². The molecule has 12 heavy (non-hydrogen) atoms. The van der Waals surface area contributed by atoms with Gasteiger partial charge in [-0.25, -0.2) is 0 Å². The van der Waals surface area contributed by atoms with Gasteiger partial charge in [-0.2, -0.15) is 0 Å². The van der Waals surface area contributed by atoms with Crippen LogP contribution in [0.2, 0.25) is 0 Å². The molecule has 1 aromatic carbocycles. The van der Waals surface area contributed by atoms with E-state index in [1.54, 1.807) is 6.92 Å². The standard InChI is InChI=1S/C8H11NO2.ClH/c1-5(9)6-2-7(10)4-8(11)3-6;/h2-5,10-11H,9H2,1H3;1H/t5-;/m0./s1. The van der Waals surface area contributed by atoms with Crippen molar-refractivity contribution in [1.29, 1.82) is 0 Å². The van der Waals surface area contributed by atoms with E-state index in [4.69, 9.17) is 15.9 Å². The van der Waals surface area contributed by atoms with E-state index in [1.165, 1.54) is 18.2 Å². The highest BCUT2D eigenvalue weighted by molar-refractivity contribution is 5.85. The second-order valence-electron chi connectivity index (χ2n) is 2.57. The van der Waals surface area contributed by atoms with Gasteiger partial charge in [0.1, 0.15) is 11.5 Å². The predicted octanol–water partition coefficient (Wildman–Crippen LogP) is 1.54. The molecule has 0 fully saturated rings. The summed E-state index contributed by atoms with van der Waals surface area (Å²) in [6.45, 7) is 1.79. The maximum absolute atomic E-state index is 9.03. The molecule has 0 spiro atoms. The Morgan fingerprint density at radius 2 is 1.58 bits per heavy atom. The zero-order valence-electron chi connectivity index (χ0n) is 6.69. The molecule has 0 aromatic heterocycles. The third kappa shape index (κ3) is 2.60. The maximum atomic E-state index is 9.03. The summed E-state index contributed by atoms with van der Waals surface area (Å²) in [6.07, 6.45) is 0. The van der Waals surface area contributed by atoms with Gasteiger partial charge in [-0.1, -0.05) is 0 Å². The van der Waals surface area contributed by atoms with E-state index in [0.29, 0.717) is 0 Å². The molecule has 3 nitrogen and oxygen atoms in total. The fourth-order valence-electron chi connectivity index (χ4n) is 0.881. The Morgan fingerprint density at radius 1 is 1.17 bits per heavy atom. The van der Waals surface area contributed by atoms with Gasteiger partial charge < -0.3 is 15.9 Å². The molecule has 0 bridgehead atoms. The Balaban J connectivity index is 0.00000121. The number of rotatable bonds is 1. The molecule has 0 aliphatic rings. The second-order valence-corrected chi connectivity index (χ2v) is 2.57. The van der Waals surface area contributed by atoms with Crippen LogP contribution >= 0.6 is 12.4 Å². The lowest BCUT2D eigenvalue weighted by Gasteiger charge is -2.05. The van der Waals surface area contributed by atoms with Gasteiger partial charge in [0.2, 0.25) is 0 Å². The van der Waals surface area contributed by atoms with Gasteiger partial charge in [0, 0.05) is 12.1 Å². The van der Waals surface area contributed by atoms with Crippen molar-refractivity contribution in [2.75, 3.05) is 0 Å². The first-order valence-corrected chi connectivity index (χ1v) is 3.38. The first kappa shape index (κ1) is 11.1. The van der Waals surface area contributed by atoms with E-state index in [1.807, 2.05) is 0 Å². The van der Waals surface area contributed by atoms with E-state index < -0.39 is 0 Å². The molecule has 4 N–H and O–H groups in total. The molecule has 0 heterocycles. The van der Waals surface area contributed by atoms with Crippen LogP contribution in [-0.4, -0.2) is 10.2 Å². The van der Waals surface area contributed by atoms with Crippen LogP contribution in [0.1, 0.15) is 18.5 Å². The number of benzene rings is 1. The quantitative estimate of drug-likeness (QED) is 0.628. The number of phenols is 2. The minimum atomic E-state index is -0.173. The van der Waals surface area contributed by atoms with Crippen molar-refractivity contribution in [3.05, 3.63) is 23.8 Å². The Kier molecular flexibility index (Phi) is 3.86. The lowest BCUT2D eigenvalue weighted by molar-refractivity contribution is 0.448. The monoisotopic (exact) mass is 189 g/mol. The van der Waals surface area contributed by atoms with E-state index >= 15 is 0 Å². The summed E-state index contributed by atoms with van der Waals surface area (Å²) in [4.78, 5) is 0. The molecule has 0 aliphatic heterocycles. The minimum absolute atomic E-state index is 0. The molecular formula is C8H12ClNO2. The summed E-state index contributed by atoms with van der Waals surface area (Å²) in [5.74, 6) is 0.0783. The third-order valence-corrected chi connectivity index (χ3v) is 1.45. The molecular weight excluding hydrogens is 178 g/mol. The van der Waals surface area contributed by atoms with Crippen LogP contribution in [-0.2, 0) is 0 Å². The van der Waals surface area contributed by atoms with Crippen LogP contribution in [0.5, 0.6) is 11.5 Å². The average molecular weight is 190 g/mol. The summed E-state index contributed by atoms with van der Waals surface area (Å²) >= 11 is 0. The molecule has 1 atom stereocenters. The van der Waals surface area contributed by atoms with Crippen molar-refractivity contribution in [2.45, 2.75) is 13.0 Å². The zero-order chi connectivity index (χ0) is 8.43. The number of nitrogens with two attached hydrogens (primary N) is 1. The second kappa shape index (κ2) is 4.18. The summed E-state index contributed by atoms with van der Waals surface area (Å²) < 4.78 is 0. The molecule has 0 amide bonds. The largest absolute Gasteiger partial charge is 0.508 e. The summed E-state index contributed by atoms with van der Waals surface area (Å²) in [5, 5.41) is 18.1. The van der Waals surface area contributed by atoms with Gasteiger partial charge in [-0.15, -0.1) is 12.4 Å². The number of aromatic hydroxyl groups is 2. The summed E-state index contributed by atoms with van der Waals surface area (Å²) in [6, 6.07) is 4.16. The van der Waals surface area contributed by atoms with Crippen molar-refractivity contribution in [3.8, 4) is 11.5 Å². The molecule has 0 aliphatic carbocycles. The Hall–Kier alpha value is -0.930. The van der Waals surface area contributed by atoms with Crippen molar-refractivity contribution >= 4 is 12.4 Å².